The number of rotatable bonds is 7. The molecule has 0 aliphatic carbocycles. The molecule has 19 heavy (non-hydrogen) atoms. The van der Waals surface area contributed by atoms with Crippen LogP contribution in [0.2, 0.25) is 0 Å². The summed E-state index contributed by atoms with van der Waals surface area (Å²) in [4.78, 5) is 1.77. The van der Waals surface area contributed by atoms with Gasteiger partial charge in [-0.3, -0.25) is 0 Å². The lowest BCUT2D eigenvalue weighted by molar-refractivity contribution is 0.198. The van der Waals surface area contributed by atoms with Crippen molar-refractivity contribution in [3.05, 3.63) is 29.6 Å². The number of methoxy groups -OCH3 is 1. The molecule has 1 atom stereocenters. The van der Waals surface area contributed by atoms with Crippen LogP contribution < -0.4 is 4.90 Å². The number of ether oxygens (including phenoxy) is 1. The maximum atomic E-state index is 14.0. The summed E-state index contributed by atoms with van der Waals surface area (Å²) >= 11 is 0. The molecule has 0 aromatic heterocycles. The first-order valence-corrected chi connectivity index (χ1v) is 6.18. The standard InChI is InChI=1S/C14H19FN2O2/c1-11(18)12-4-5-14(13(15)10-12)17(7-3-6-16)8-9-19-2/h4-5,10-11,18H,3,7-9H2,1-2H3/t11-/m1/s1. The Kier molecular flexibility index (Phi) is 6.26. The van der Waals surface area contributed by atoms with Gasteiger partial charge in [-0.15, -0.1) is 0 Å². The molecule has 0 amide bonds. The van der Waals surface area contributed by atoms with E-state index in [1.807, 2.05) is 6.07 Å². The summed E-state index contributed by atoms with van der Waals surface area (Å²) in [7, 11) is 1.58. The van der Waals surface area contributed by atoms with Crippen LogP contribution in [0.1, 0.15) is 25.0 Å². The topological polar surface area (TPSA) is 56.5 Å². The van der Waals surface area contributed by atoms with Gasteiger partial charge in [-0.2, -0.15) is 5.26 Å². The van der Waals surface area contributed by atoms with E-state index in [0.717, 1.165) is 0 Å². The second kappa shape index (κ2) is 7.72. The number of hydrogen-bond donors (Lipinski definition) is 1. The van der Waals surface area contributed by atoms with E-state index in [-0.39, 0.29) is 0 Å². The van der Waals surface area contributed by atoms with Crippen LogP contribution in [0.5, 0.6) is 0 Å². The van der Waals surface area contributed by atoms with Crippen molar-refractivity contribution >= 4 is 5.69 Å². The monoisotopic (exact) mass is 266 g/mol. The van der Waals surface area contributed by atoms with Crippen LogP contribution in [-0.2, 0) is 4.74 Å². The van der Waals surface area contributed by atoms with Gasteiger partial charge in [0.25, 0.3) is 0 Å². The number of benzene rings is 1. The zero-order valence-corrected chi connectivity index (χ0v) is 11.3. The molecule has 0 heterocycles. The van der Waals surface area contributed by atoms with Crippen LogP contribution in [0.25, 0.3) is 0 Å². The van der Waals surface area contributed by atoms with Gasteiger partial charge in [0.2, 0.25) is 0 Å². The van der Waals surface area contributed by atoms with Gasteiger partial charge in [0.15, 0.2) is 0 Å². The second-order valence-corrected chi connectivity index (χ2v) is 4.27. The molecular formula is C14H19FN2O2. The van der Waals surface area contributed by atoms with E-state index in [9.17, 15) is 9.50 Å². The van der Waals surface area contributed by atoms with Crippen molar-refractivity contribution in [1.82, 2.24) is 0 Å². The molecule has 0 radical (unpaired) electrons. The molecule has 0 unspecified atom stereocenters. The predicted octanol–water partition coefficient (Wildman–Crippen LogP) is 2.25. The van der Waals surface area contributed by atoms with E-state index in [0.29, 0.717) is 37.4 Å². The molecular weight excluding hydrogens is 247 g/mol. The number of aliphatic hydroxyl groups is 1. The molecule has 0 aliphatic heterocycles. The van der Waals surface area contributed by atoms with Crippen molar-refractivity contribution in [3.63, 3.8) is 0 Å². The highest BCUT2D eigenvalue weighted by Crippen LogP contribution is 2.23. The smallest absolute Gasteiger partial charge is 0.146 e. The number of nitriles is 1. The van der Waals surface area contributed by atoms with Crippen LogP contribution in [0.15, 0.2) is 18.2 Å². The maximum absolute atomic E-state index is 14.0. The summed E-state index contributed by atoms with van der Waals surface area (Å²) in [6.45, 7) is 3.02. The lowest BCUT2D eigenvalue weighted by Gasteiger charge is -2.24. The Morgan fingerprint density at radius 3 is 2.74 bits per heavy atom. The Hall–Kier alpha value is -1.64. The number of anilines is 1. The Morgan fingerprint density at radius 1 is 1.47 bits per heavy atom. The first-order valence-electron chi connectivity index (χ1n) is 6.18. The third-order valence-electron chi connectivity index (χ3n) is 2.85. The van der Waals surface area contributed by atoms with Gasteiger partial charge in [0.05, 0.1) is 30.9 Å². The summed E-state index contributed by atoms with van der Waals surface area (Å²) in [5, 5.41) is 18.1. The zero-order valence-electron chi connectivity index (χ0n) is 11.3. The van der Waals surface area contributed by atoms with Crippen molar-refractivity contribution < 1.29 is 14.2 Å². The molecule has 0 spiro atoms. The van der Waals surface area contributed by atoms with Crippen LogP contribution in [0.4, 0.5) is 10.1 Å². The predicted molar refractivity (Wildman–Crippen MR) is 71.4 cm³/mol. The SMILES string of the molecule is COCCN(CCC#N)c1ccc([C@@H](C)O)cc1F. The van der Waals surface area contributed by atoms with E-state index in [1.165, 1.54) is 6.07 Å². The van der Waals surface area contributed by atoms with Gasteiger partial charge in [-0.05, 0) is 24.6 Å². The Balaban J connectivity index is 2.91. The number of hydrogen-bond acceptors (Lipinski definition) is 4. The molecule has 0 bridgehead atoms. The summed E-state index contributed by atoms with van der Waals surface area (Å²) in [5.41, 5.74) is 0.963. The fourth-order valence-corrected chi connectivity index (χ4v) is 1.78. The second-order valence-electron chi connectivity index (χ2n) is 4.27. The van der Waals surface area contributed by atoms with Crippen LogP contribution in [0.3, 0.4) is 0 Å². The van der Waals surface area contributed by atoms with Crippen molar-refractivity contribution in [1.29, 1.82) is 5.26 Å². The molecule has 1 aromatic carbocycles. The van der Waals surface area contributed by atoms with Crippen molar-refractivity contribution in [3.8, 4) is 6.07 Å². The van der Waals surface area contributed by atoms with E-state index in [4.69, 9.17) is 10.00 Å². The minimum absolute atomic E-state index is 0.321. The summed E-state index contributed by atoms with van der Waals surface area (Å²) < 4.78 is 19.0. The Bertz CT molecular complexity index is 444. The fraction of sp³-hybridized carbons (Fsp3) is 0.500. The maximum Gasteiger partial charge on any atom is 0.146 e. The molecule has 104 valence electrons. The molecule has 1 N–H and O–H groups in total. The third-order valence-corrected chi connectivity index (χ3v) is 2.85. The molecule has 0 aliphatic rings. The molecule has 0 saturated heterocycles. The van der Waals surface area contributed by atoms with Crippen LogP contribution >= 0.6 is 0 Å². The van der Waals surface area contributed by atoms with E-state index in [1.54, 1.807) is 31.1 Å². The fourth-order valence-electron chi connectivity index (χ4n) is 1.78. The summed E-state index contributed by atoms with van der Waals surface area (Å²) in [6.07, 6.45) is -0.378. The van der Waals surface area contributed by atoms with Gasteiger partial charge in [0.1, 0.15) is 5.82 Å². The van der Waals surface area contributed by atoms with Crippen molar-refractivity contribution in [2.45, 2.75) is 19.4 Å². The lowest BCUT2D eigenvalue weighted by atomic mass is 10.1. The molecule has 0 saturated carbocycles. The number of aliphatic hydroxyl groups excluding tert-OH is 1. The minimum Gasteiger partial charge on any atom is -0.389 e. The Labute approximate surface area is 113 Å². The molecule has 4 nitrogen and oxygen atoms in total. The normalized spacial score (nSPS) is 11.9. The first-order chi connectivity index (χ1) is 9.10. The van der Waals surface area contributed by atoms with Crippen LogP contribution in [-0.4, -0.2) is 31.9 Å². The minimum atomic E-state index is -0.699. The number of nitrogens with zero attached hydrogens (tertiary/aromatic N) is 2. The number of halogens is 1. The molecule has 1 rings (SSSR count). The molecule has 5 heteroatoms. The highest BCUT2D eigenvalue weighted by atomic mass is 19.1. The highest BCUT2D eigenvalue weighted by molar-refractivity contribution is 5.49. The average molecular weight is 266 g/mol. The van der Waals surface area contributed by atoms with E-state index in [2.05, 4.69) is 0 Å². The molecule has 1 aromatic rings. The quantitative estimate of drug-likeness (QED) is 0.822. The van der Waals surface area contributed by atoms with Gasteiger partial charge >= 0.3 is 0 Å². The van der Waals surface area contributed by atoms with Crippen molar-refractivity contribution in [2.75, 3.05) is 31.7 Å². The van der Waals surface area contributed by atoms with Crippen molar-refractivity contribution in [2.24, 2.45) is 0 Å². The average Bonchev–Trinajstić information content (AvgIpc) is 2.39. The largest absolute Gasteiger partial charge is 0.389 e. The molecule has 0 fully saturated rings. The third kappa shape index (κ3) is 4.51. The highest BCUT2D eigenvalue weighted by Gasteiger charge is 2.13. The van der Waals surface area contributed by atoms with E-state index >= 15 is 0 Å². The van der Waals surface area contributed by atoms with Gasteiger partial charge in [-0.1, -0.05) is 6.07 Å². The zero-order chi connectivity index (χ0) is 14.3. The van der Waals surface area contributed by atoms with Gasteiger partial charge in [0, 0.05) is 20.2 Å². The summed E-state index contributed by atoms with van der Waals surface area (Å²) in [5.74, 6) is -0.396. The summed E-state index contributed by atoms with van der Waals surface area (Å²) in [6, 6.07) is 6.69. The van der Waals surface area contributed by atoms with Gasteiger partial charge in [-0.25, -0.2) is 4.39 Å². The first kappa shape index (κ1) is 15.4. The van der Waals surface area contributed by atoms with Crippen LogP contribution in [0, 0.1) is 17.1 Å². The van der Waals surface area contributed by atoms with Gasteiger partial charge < -0.3 is 14.7 Å². The lowest BCUT2D eigenvalue weighted by Crippen LogP contribution is -2.29. The Morgan fingerprint density at radius 2 is 2.21 bits per heavy atom. The van der Waals surface area contributed by atoms with E-state index < -0.39 is 11.9 Å².